The van der Waals surface area contributed by atoms with Crippen LogP contribution in [-0.4, -0.2) is 53.1 Å². The Labute approximate surface area is 105 Å². The highest BCUT2D eigenvalue weighted by molar-refractivity contribution is 5.98. The summed E-state index contributed by atoms with van der Waals surface area (Å²) in [5, 5.41) is 8.78. The topological polar surface area (TPSA) is 86.1 Å². The number of methoxy groups -OCH3 is 1. The molecule has 7 nitrogen and oxygen atoms in total. The van der Waals surface area contributed by atoms with E-state index in [1.165, 1.54) is 7.11 Å². The van der Waals surface area contributed by atoms with Gasteiger partial charge in [0.05, 0.1) is 12.8 Å². The van der Waals surface area contributed by atoms with Crippen LogP contribution in [0, 0.1) is 0 Å². The molecule has 1 amide bonds. The molecule has 1 aromatic heterocycles. The lowest BCUT2D eigenvalue weighted by molar-refractivity contribution is -0.122. The van der Waals surface area contributed by atoms with E-state index in [4.69, 9.17) is 4.74 Å². The monoisotopic (exact) mass is 280 g/mol. The summed E-state index contributed by atoms with van der Waals surface area (Å²) in [4.78, 5) is 22.1. The average molecular weight is 280 g/mol. The van der Waals surface area contributed by atoms with Crippen LogP contribution in [-0.2, 0) is 16.1 Å². The maximum absolute atomic E-state index is 12.1. The van der Waals surface area contributed by atoms with Gasteiger partial charge in [0.2, 0.25) is 5.91 Å². The van der Waals surface area contributed by atoms with Gasteiger partial charge < -0.3 is 10.1 Å². The summed E-state index contributed by atoms with van der Waals surface area (Å²) in [5.41, 5.74) is -0.850. The zero-order valence-electron chi connectivity index (χ0n) is 9.90. The Bertz CT molecular complexity index is 458. The van der Waals surface area contributed by atoms with E-state index in [0.717, 1.165) is 10.9 Å². The lowest BCUT2D eigenvalue weighted by Crippen LogP contribution is -2.30. The largest absolute Gasteiger partial charge is 0.456 e. The predicted octanol–water partition coefficient (Wildman–Crippen LogP) is -0.214. The number of amides is 1. The van der Waals surface area contributed by atoms with E-state index < -0.39 is 23.6 Å². The number of halogens is 3. The van der Waals surface area contributed by atoms with Gasteiger partial charge in [0.25, 0.3) is 5.78 Å². The van der Waals surface area contributed by atoms with E-state index in [9.17, 15) is 22.8 Å². The molecule has 10 heteroatoms. The molecule has 0 spiro atoms. The molecule has 0 saturated carbocycles. The Balaban J connectivity index is 2.56. The summed E-state index contributed by atoms with van der Waals surface area (Å²) in [6.45, 7) is 0.237. The molecule has 0 aliphatic carbocycles. The highest BCUT2D eigenvalue weighted by Crippen LogP contribution is 2.19. The number of hydrogen-bond donors (Lipinski definition) is 1. The minimum Gasteiger partial charge on any atom is -0.383 e. The minimum atomic E-state index is -5.01. The van der Waals surface area contributed by atoms with Crippen molar-refractivity contribution in [3.05, 3.63) is 11.9 Å². The van der Waals surface area contributed by atoms with Gasteiger partial charge >= 0.3 is 6.18 Å². The van der Waals surface area contributed by atoms with E-state index in [-0.39, 0.29) is 13.1 Å². The summed E-state index contributed by atoms with van der Waals surface area (Å²) in [6, 6.07) is 0. The lowest BCUT2D eigenvalue weighted by atomic mass is 10.3. The SMILES string of the molecule is COCCNC(=O)Cn1cc(C(=O)C(F)(F)F)nn1. The molecule has 106 valence electrons. The third-order valence-corrected chi connectivity index (χ3v) is 1.96. The van der Waals surface area contributed by atoms with Crippen molar-refractivity contribution in [1.82, 2.24) is 20.3 Å². The first-order valence-electron chi connectivity index (χ1n) is 5.12. The molecule has 0 radical (unpaired) electrons. The molecule has 0 unspecified atom stereocenters. The fourth-order valence-electron chi connectivity index (χ4n) is 1.12. The van der Waals surface area contributed by atoms with Crippen molar-refractivity contribution >= 4 is 11.7 Å². The van der Waals surface area contributed by atoms with Crippen LogP contribution in [0.3, 0.4) is 0 Å². The van der Waals surface area contributed by atoms with Gasteiger partial charge in [0, 0.05) is 13.7 Å². The number of aromatic nitrogens is 3. The van der Waals surface area contributed by atoms with Crippen molar-refractivity contribution in [2.45, 2.75) is 12.7 Å². The first kappa shape index (κ1) is 15.1. The molecular formula is C9H11F3N4O3. The van der Waals surface area contributed by atoms with Gasteiger partial charge in [-0.25, -0.2) is 4.68 Å². The second-order valence-corrected chi connectivity index (χ2v) is 3.47. The number of Topliss-reactive ketones (excluding diaryl/α,β-unsaturated/α-hetero) is 1. The van der Waals surface area contributed by atoms with E-state index in [1.807, 2.05) is 0 Å². The molecular weight excluding hydrogens is 269 g/mol. The van der Waals surface area contributed by atoms with Gasteiger partial charge in [-0.2, -0.15) is 13.2 Å². The van der Waals surface area contributed by atoms with Crippen LogP contribution < -0.4 is 5.32 Å². The molecule has 0 aromatic carbocycles. The minimum absolute atomic E-state index is 0.262. The Morgan fingerprint density at radius 2 is 2.16 bits per heavy atom. The molecule has 0 aliphatic heterocycles. The summed E-state index contributed by atoms with van der Waals surface area (Å²) in [5.74, 6) is -2.58. The molecule has 1 aromatic rings. The summed E-state index contributed by atoms with van der Waals surface area (Å²) >= 11 is 0. The van der Waals surface area contributed by atoms with E-state index in [2.05, 4.69) is 15.6 Å². The Morgan fingerprint density at radius 1 is 1.47 bits per heavy atom. The molecule has 0 fully saturated rings. The molecule has 0 aliphatic rings. The van der Waals surface area contributed by atoms with Crippen molar-refractivity contribution in [3.63, 3.8) is 0 Å². The third kappa shape index (κ3) is 4.66. The van der Waals surface area contributed by atoms with Crippen LogP contribution >= 0.6 is 0 Å². The van der Waals surface area contributed by atoms with Crippen LogP contribution in [0.5, 0.6) is 0 Å². The molecule has 1 N–H and O–H groups in total. The maximum atomic E-state index is 12.1. The Morgan fingerprint density at radius 3 is 2.74 bits per heavy atom. The number of alkyl halides is 3. The van der Waals surface area contributed by atoms with Gasteiger partial charge in [-0.15, -0.1) is 5.10 Å². The van der Waals surface area contributed by atoms with Gasteiger partial charge in [0.15, 0.2) is 5.69 Å². The van der Waals surface area contributed by atoms with Crippen LogP contribution in [0.1, 0.15) is 10.5 Å². The number of ether oxygens (including phenoxy) is 1. The molecule has 1 heterocycles. The molecule has 0 bridgehead atoms. The highest BCUT2D eigenvalue weighted by Gasteiger charge is 2.41. The van der Waals surface area contributed by atoms with Crippen molar-refractivity contribution in [3.8, 4) is 0 Å². The fourth-order valence-corrected chi connectivity index (χ4v) is 1.12. The van der Waals surface area contributed by atoms with Crippen molar-refractivity contribution in [2.24, 2.45) is 0 Å². The number of carbonyl (C=O) groups is 2. The van der Waals surface area contributed by atoms with Crippen molar-refractivity contribution < 1.29 is 27.5 Å². The quantitative estimate of drug-likeness (QED) is 0.575. The zero-order valence-corrected chi connectivity index (χ0v) is 9.90. The lowest BCUT2D eigenvalue weighted by Gasteiger charge is -2.03. The van der Waals surface area contributed by atoms with E-state index in [1.54, 1.807) is 0 Å². The number of rotatable bonds is 6. The van der Waals surface area contributed by atoms with Crippen LogP contribution in [0.25, 0.3) is 0 Å². The third-order valence-electron chi connectivity index (χ3n) is 1.96. The second-order valence-electron chi connectivity index (χ2n) is 3.47. The smallest absolute Gasteiger partial charge is 0.383 e. The van der Waals surface area contributed by atoms with Gasteiger partial charge in [-0.3, -0.25) is 9.59 Å². The average Bonchev–Trinajstić information content (AvgIpc) is 2.75. The van der Waals surface area contributed by atoms with E-state index >= 15 is 0 Å². The Kier molecular flexibility index (Phi) is 4.98. The summed E-state index contributed by atoms with van der Waals surface area (Å²) in [7, 11) is 1.46. The number of hydrogen-bond acceptors (Lipinski definition) is 5. The van der Waals surface area contributed by atoms with Gasteiger partial charge in [-0.1, -0.05) is 5.21 Å². The molecule has 1 rings (SSSR count). The van der Waals surface area contributed by atoms with Crippen molar-refractivity contribution in [2.75, 3.05) is 20.3 Å². The maximum Gasteiger partial charge on any atom is 0.456 e. The highest BCUT2D eigenvalue weighted by atomic mass is 19.4. The molecule has 19 heavy (non-hydrogen) atoms. The van der Waals surface area contributed by atoms with Crippen molar-refractivity contribution in [1.29, 1.82) is 0 Å². The van der Waals surface area contributed by atoms with E-state index in [0.29, 0.717) is 6.61 Å². The summed E-state index contributed by atoms with van der Waals surface area (Å²) < 4.78 is 41.8. The number of carbonyl (C=O) groups excluding carboxylic acids is 2. The first-order valence-corrected chi connectivity index (χ1v) is 5.12. The molecule has 0 atom stereocenters. The molecule has 0 saturated heterocycles. The zero-order chi connectivity index (χ0) is 14.5. The first-order chi connectivity index (χ1) is 8.84. The fraction of sp³-hybridized carbons (Fsp3) is 0.556. The van der Waals surface area contributed by atoms with Gasteiger partial charge in [0.1, 0.15) is 6.54 Å². The summed E-state index contributed by atoms with van der Waals surface area (Å²) in [6.07, 6.45) is -4.24. The standard InChI is InChI=1S/C9H11F3N4O3/c1-19-3-2-13-7(17)5-16-4-6(14-15-16)8(18)9(10,11)12/h4H,2-3,5H2,1H3,(H,13,17). The normalized spacial score (nSPS) is 11.4. The van der Waals surface area contributed by atoms with Gasteiger partial charge in [-0.05, 0) is 0 Å². The Hall–Kier alpha value is -1.97. The van der Waals surface area contributed by atoms with Crippen LogP contribution in [0.4, 0.5) is 13.2 Å². The van der Waals surface area contributed by atoms with Crippen LogP contribution in [0.2, 0.25) is 0 Å². The number of nitrogens with zero attached hydrogens (tertiary/aromatic N) is 3. The number of nitrogens with one attached hydrogen (secondary N) is 1. The predicted molar refractivity (Wildman–Crippen MR) is 55.3 cm³/mol. The second kappa shape index (κ2) is 6.27. The number of ketones is 1. The van der Waals surface area contributed by atoms with Crippen LogP contribution in [0.15, 0.2) is 6.20 Å².